The Hall–Kier alpha value is -3.94. The number of aromatic nitrogens is 3. The number of aliphatic hydroxyl groups excluding tert-OH is 1. The average Bonchev–Trinajstić information content (AvgIpc) is 3.41. The van der Waals surface area contributed by atoms with E-state index in [9.17, 15) is 14.7 Å². The van der Waals surface area contributed by atoms with E-state index in [0.29, 0.717) is 36.4 Å². The summed E-state index contributed by atoms with van der Waals surface area (Å²) < 4.78 is 7.24. The molecule has 0 saturated carbocycles. The quantitative estimate of drug-likeness (QED) is 0.360. The number of benzene rings is 1. The number of aliphatic hydroxyl groups is 1. The molecule has 0 spiro atoms. The van der Waals surface area contributed by atoms with Gasteiger partial charge in [-0.05, 0) is 30.2 Å². The number of hydrogen-bond acceptors (Lipinski definition) is 6. The second kappa shape index (κ2) is 8.83. The van der Waals surface area contributed by atoms with E-state index < -0.39 is 17.7 Å². The molecule has 2 aromatic heterocycles. The van der Waals surface area contributed by atoms with Crippen LogP contribution in [0.2, 0.25) is 0 Å². The van der Waals surface area contributed by atoms with Gasteiger partial charge in [0.15, 0.2) is 0 Å². The van der Waals surface area contributed by atoms with Crippen molar-refractivity contribution in [2.75, 3.05) is 13.7 Å². The van der Waals surface area contributed by atoms with E-state index in [2.05, 4.69) is 9.97 Å². The van der Waals surface area contributed by atoms with E-state index in [1.807, 2.05) is 10.8 Å². The number of Topliss-reactive ketones (excluding diaryl/α,β-unsaturated/α-hetero) is 1. The average molecular weight is 418 g/mol. The third-order valence-electron chi connectivity index (χ3n) is 5.28. The van der Waals surface area contributed by atoms with Gasteiger partial charge in [0.1, 0.15) is 11.5 Å². The lowest BCUT2D eigenvalue weighted by molar-refractivity contribution is -0.139. The van der Waals surface area contributed by atoms with Gasteiger partial charge in [-0.2, -0.15) is 0 Å². The number of amides is 1. The largest absolute Gasteiger partial charge is 0.507 e. The van der Waals surface area contributed by atoms with Gasteiger partial charge in [-0.15, -0.1) is 0 Å². The van der Waals surface area contributed by atoms with Crippen LogP contribution in [-0.4, -0.2) is 49.9 Å². The maximum atomic E-state index is 13.0. The van der Waals surface area contributed by atoms with E-state index in [0.717, 1.165) is 0 Å². The van der Waals surface area contributed by atoms with Crippen LogP contribution in [0.5, 0.6) is 5.75 Å². The van der Waals surface area contributed by atoms with Crippen molar-refractivity contribution in [3.63, 3.8) is 0 Å². The van der Waals surface area contributed by atoms with Crippen molar-refractivity contribution >= 4 is 17.4 Å². The molecule has 0 aliphatic carbocycles. The summed E-state index contributed by atoms with van der Waals surface area (Å²) in [6, 6.07) is 9.64. The fraction of sp³-hybridized carbons (Fsp3) is 0.217. The number of ketones is 1. The highest BCUT2D eigenvalue weighted by Gasteiger charge is 2.46. The van der Waals surface area contributed by atoms with Gasteiger partial charge < -0.3 is 19.3 Å². The third kappa shape index (κ3) is 3.92. The Morgan fingerprint density at radius 1 is 1.10 bits per heavy atom. The van der Waals surface area contributed by atoms with Crippen LogP contribution < -0.4 is 4.74 Å². The van der Waals surface area contributed by atoms with E-state index in [1.165, 1.54) is 12.0 Å². The summed E-state index contributed by atoms with van der Waals surface area (Å²) in [4.78, 5) is 35.6. The van der Waals surface area contributed by atoms with Gasteiger partial charge in [-0.1, -0.05) is 18.2 Å². The molecule has 1 atom stereocenters. The molecular weight excluding hydrogens is 396 g/mol. The number of methoxy groups -OCH3 is 1. The van der Waals surface area contributed by atoms with Gasteiger partial charge in [-0.3, -0.25) is 14.6 Å². The minimum Gasteiger partial charge on any atom is -0.507 e. The number of imidazole rings is 1. The number of carbonyl (C=O) groups excluding carboxylic acids is 2. The Bertz CT molecular complexity index is 1110. The first-order valence-corrected chi connectivity index (χ1v) is 9.89. The summed E-state index contributed by atoms with van der Waals surface area (Å²) in [5, 5.41) is 11.1. The standard InChI is InChI=1S/C23H22N4O4/c1-31-18-8-3-2-7-17(18)21(28)19-20(16-6-4-9-24-14-16)27(23(30)22(19)29)12-5-11-26-13-10-25-15-26/h2-4,6-10,13-15,20,28H,5,11-12H2,1H3/b21-19+. The zero-order valence-electron chi connectivity index (χ0n) is 17.0. The molecular formula is C23H22N4O4. The summed E-state index contributed by atoms with van der Waals surface area (Å²) in [5.74, 6) is -1.21. The lowest BCUT2D eigenvalue weighted by atomic mass is 9.96. The summed E-state index contributed by atoms with van der Waals surface area (Å²) in [6.07, 6.45) is 9.08. The molecule has 0 bridgehead atoms. The predicted octanol–water partition coefficient (Wildman–Crippen LogP) is 2.80. The zero-order valence-corrected chi connectivity index (χ0v) is 17.0. The Kier molecular flexibility index (Phi) is 5.79. The first-order valence-electron chi connectivity index (χ1n) is 9.89. The fourth-order valence-electron chi connectivity index (χ4n) is 3.82. The molecule has 1 unspecified atom stereocenters. The molecule has 1 saturated heterocycles. The summed E-state index contributed by atoms with van der Waals surface area (Å²) in [7, 11) is 1.49. The van der Waals surface area contributed by atoms with Crippen molar-refractivity contribution in [3.05, 3.63) is 84.2 Å². The van der Waals surface area contributed by atoms with Crippen LogP contribution in [0.1, 0.15) is 23.6 Å². The number of nitrogens with zero attached hydrogens (tertiary/aromatic N) is 4. The molecule has 3 aromatic rings. The Labute approximate surface area is 179 Å². The topological polar surface area (TPSA) is 97.6 Å². The van der Waals surface area contributed by atoms with Crippen LogP contribution in [0.4, 0.5) is 0 Å². The SMILES string of the molecule is COc1ccccc1/C(O)=C1\C(=O)C(=O)N(CCCn2ccnc2)C1c1cccnc1. The van der Waals surface area contributed by atoms with Crippen molar-refractivity contribution in [2.45, 2.75) is 19.0 Å². The van der Waals surface area contributed by atoms with Crippen molar-refractivity contribution in [2.24, 2.45) is 0 Å². The molecule has 8 heteroatoms. The van der Waals surface area contributed by atoms with Crippen LogP contribution in [0.25, 0.3) is 5.76 Å². The second-order valence-electron chi connectivity index (χ2n) is 7.13. The maximum Gasteiger partial charge on any atom is 0.295 e. The molecule has 31 heavy (non-hydrogen) atoms. The molecule has 158 valence electrons. The van der Waals surface area contributed by atoms with E-state index in [1.54, 1.807) is 61.3 Å². The Balaban J connectivity index is 1.74. The number of aryl methyl sites for hydroxylation is 1. The zero-order chi connectivity index (χ0) is 21.8. The summed E-state index contributed by atoms with van der Waals surface area (Å²) >= 11 is 0. The molecule has 1 aromatic carbocycles. The molecule has 1 aliphatic heterocycles. The van der Waals surface area contributed by atoms with Gasteiger partial charge in [0, 0.05) is 37.9 Å². The fourth-order valence-corrected chi connectivity index (χ4v) is 3.82. The lowest BCUT2D eigenvalue weighted by Crippen LogP contribution is -2.31. The third-order valence-corrected chi connectivity index (χ3v) is 5.28. The molecule has 1 N–H and O–H groups in total. The minimum atomic E-state index is -0.735. The van der Waals surface area contributed by atoms with Gasteiger partial charge in [0.2, 0.25) is 0 Å². The Morgan fingerprint density at radius 2 is 1.94 bits per heavy atom. The molecule has 1 amide bonds. The normalized spacial score (nSPS) is 17.8. The van der Waals surface area contributed by atoms with Crippen molar-refractivity contribution < 1.29 is 19.4 Å². The number of hydrogen-bond donors (Lipinski definition) is 1. The van der Waals surface area contributed by atoms with Gasteiger partial charge >= 0.3 is 0 Å². The van der Waals surface area contributed by atoms with Gasteiger partial charge in [-0.25, -0.2) is 4.98 Å². The van der Waals surface area contributed by atoms with Crippen LogP contribution in [0, 0.1) is 0 Å². The van der Waals surface area contributed by atoms with Crippen molar-refractivity contribution in [1.29, 1.82) is 0 Å². The summed E-state index contributed by atoms with van der Waals surface area (Å²) in [6.45, 7) is 0.986. The van der Waals surface area contributed by atoms with Crippen LogP contribution in [-0.2, 0) is 16.1 Å². The lowest BCUT2D eigenvalue weighted by Gasteiger charge is -2.25. The molecule has 8 nitrogen and oxygen atoms in total. The molecule has 0 radical (unpaired) electrons. The number of ether oxygens (including phenoxy) is 1. The van der Waals surface area contributed by atoms with Crippen LogP contribution in [0.15, 0.2) is 73.1 Å². The predicted molar refractivity (Wildman–Crippen MR) is 113 cm³/mol. The molecule has 1 aliphatic rings. The molecule has 1 fully saturated rings. The van der Waals surface area contributed by atoms with E-state index >= 15 is 0 Å². The highest BCUT2D eigenvalue weighted by atomic mass is 16.5. The number of para-hydroxylation sites is 1. The minimum absolute atomic E-state index is 0.0325. The molecule has 4 rings (SSSR count). The van der Waals surface area contributed by atoms with Crippen molar-refractivity contribution in [1.82, 2.24) is 19.4 Å². The number of rotatable bonds is 7. The highest BCUT2D eigenvalue weighted by molar-refractivity contribution is 6.46. The second-order valence-corrected chi connectivity index (χ2v) is 7.13. The van der Waals surface area contributed by atoms with Gasteiger partial charge in [0.25, 0.3) is 11.7 Å². The van der Waals surface area contributed by atoms with Gasteiger partial charge in [0.05, 0.1) is 30.6 Å². The smallest absolute Gasteiger partial charge is 0.295 e. The number of pyridine rings is 1. The van der Waals surface area contributed by atoms with E-state index in [-0.39, 0.29) is 11.3 Å². The van der Waals surface area contributed by atoms with Crippen molar-refractivity contribution in [3.8, 4) is 5.75 Å². The monoisotopic (exact) mass is 418 g/mol. The first kappa shape index (κ1) is 20.3. The first-order chi connectivity index (χ1) is 15.1. The van der Waals surface area contributed by atoms with Crippen LogP contribution in [0.3, 0.4) is 0 Å². The molecule has 3 heterocycles. The summed E-state index contributed by atoms with van der Waals surface area (Å²) in [5.41, 5.74) is 1.04. The van der Waals surface area contributed by atoms with E-state index in [4.69, 9.17) is 4.74 Å². The maximum absolute atomic E-state index is 13.0. The number of likely N-dealkylation sites (tertiary alicyclic amines) is 1. The van der Waals surface area contributed by atoms with Crippen LogP contribution >= 0.6 is 0 Å². The highest BCUT2D eigenvalue weighted by Crippen LogP contribution is 2.40. The Morgan fingerprint density at radius 3 is 2.65 bits per heavy atom. The number of carbonyl (C=O) groups is 2.